The van der Waals surface area contributed by atoms with Crippen LogP contribution < -0.4 is 0 Å². The number of likely N-dealkylation sites (N-methyl/N-ethyl adjacent to an activating group) is 1. The van der Waals surface area contributed by atoms with E-state index in [1.165, 1.54) is 0 Å². The first-order valence-corrected chi connectivity index (χ1v) is 5.49. The lowest BCUT2D eigenvalue weighted by atomic mass is 10.4. The van der Waals surface area contributed by atoms with Crippen LogP contribution in [0.5, 0.6) is 0 Å². The molecule has 0 unspecified atom stereocenters. The van der Waals surface area contributed by atoms with Gasteiger partial charge in [-0.2, -0.15) is 0 Å². The van der Waals surface area contributed by atoms with E-state index in [4.69, 9.17) is 0 Å². The van der Waals surface area contributed by atoms with Crippen molar-refractivity contribution in [3.63, 3.8) is 0 Å². The van der Waals surface area contributed by atoms with E-state index in [1.54, 1.807) is 12.5 Å². The summed E-state index contributed by atoms with van der Waals surface area (Å²) in [6.45, 7) is 8.31. The molecule has 0 spiro atoms. The third-order valence-electron chi connectivity index (χ3n) is 2.51. The minimum absolute atomic E-state index is 0.655. The Bertz CT molecular complexity index is 296. The van der Waals surface area contributed by atoms with E-state index >= 15 is 0 Å². The first-order valence-electron chi connectivity index (χ1n) is 5.49. The lowest BCUT2D eigenvalue weighted by Crippen LogP contribution is -2.28. The van der Waals surface area contributed by atoms with E-state index in [9.17, 15) is 4.79 Å². The number of hydrogen-bond donors (Lipinski definition) is 0. The molecule has 1 aromatic rings. The summed E-state index contributed by atoms with van der Waals surface area (Å²) in [5, 5.41) is 0. The van der Waals surface area contributed by atoms with E-state index in [2.05, 4.69) is 23.7 Å². The number of carbonyl (C=O) groups excluding carboxylic acids is 1. The predicted molar refractivity (Wildman–Crippen MR) is 60.0 cm³/mol. The normalized spacial score (nSPS) is 10.9. The van der Waals surface area contributed by atoms with Crippen LogP contribution in [0.3, 0.4) is 0 Å². The Kier molecular flexibility index (Phi) is 5.04. The number of rotatable bonds is 7. The Labute approximate surface area is 90.9 Å². The maximum atomic E-state index is 10.7. The molecule has 4 heteroatoms. The lowest BCUT2D eigenvalue weighted by molar-refractivity contribution is 0.111. The third-order valence-corrected chi connectivity index (χ3v) is 2.51. The van der Waals surface area contributed by atoms with Crippen molar-refractivity contribution >= 4 is 6.29 Å². The molecule has 84 valence electrons. The maximum Gasteiger partial charge on any atom is 0.168 e. The van der Waals surface area contributed by atoms with Gasteiger partial charge in [0.1, 0.15) is 5.69 Å². The van der Waals surface area contributed by atoms with Crippen molar-refractivity contribution in [3.8, 4) is 0 Å². The van der Waals surface area contributed by atoms with Crippen molar-refractivity contribution in [2.24, 2.45) is 0 Å². The fourth-order valence-electron chi connectivity index (χ4n) is 1.61. The van der Waals surface area contributed by atoms with Crippen LogP contribution in [0.25, 0.3) is 0 Å². The van der Waals surface area contributed by atoms with Gasteiger partial charge in [0.25, 0.3) is 0 Å². The highest BCUT2D eigenvalue weighted by molar-refractivity contribution is 5.71. The lowest BCUT2D eigenvalue weighted by Gasteiger charge is -2.19. The van der Waals surface area contributed by atoms with Gasteiger partial charge in [0.2, 0.25) is 0 Å². The number of carbonyl (C=O) groups is 1. The van der Waals surface area contributed by atoms with Gasteiger partial charge < -0.3 is 9.47 Å². The second-order valence-electron chi connectivity index (χ2n) is 3.56. The van der Waals surface area contributed by atoms with Crippen LogP contribution in [0.1, 0.15) is 30.8 Å². The standard InChI is InChI=1S/C11H19N3O/c1-3-5-13(4-2)6-7-14-10-12-8-11(14)9-15/h8-10H,3-7H2,1-2H3. The van der Waals surface area contributed by atoms with E-state index in [1.807, 2.05) is 4.57 Å². The Morgan fingerprint density at radius 3 is 2.87 bits per heavy atom. The highest BCUT2D eigenvalue weighted by atomic mass is 16.1. The molecule has 0 aliphatic heterocycles. The summed E-state index contributed by atoms with van der Waals surface area (Å²) in [6.07, 6.45) is 5.33. The van der Waals surface area contributed by atoms with Crippen molar-refractivity contribution < 1.29 is 4.79 Å². The van der Waals surface area contributed by atoms with Crippen molar-refractivity contribution in [1.82, 2.24) is 14.5 Å². The molecular formula is C11H19N3O. The number of nitrogens with zero attached hydrogens (tertiary/aromatic N) is 3. The molecule has 1 rings (SSSR count). The molecule has 0 aromatic carbocycles. The van der Waals surface area contributed by atoms with Crippen LogP contribution in [0.15, 0.2) is 12.5 Å². The van der Waals surface area contributed by atoms with Crippen LogP contribution in [0.4, 0.5) is 0 Å². The van der Waals surface area contributed by atoms with Gasteiger partial charge in [0, 0.05) is 13.1 Å². The van der Waals surface area contributed by atoms with Crippen LogP contribution in [0, 0.1) is 0 Å². The molecule has 0 amide bonds. The van der Waals surface area contributed by atoms with Crippen molar-refractivity contribution in [1.29, 1.82) is 0 Å². The zero-order valence-electron chi connectivity index (χ0n) is 9.52. The molecule has 0 saturated heterocycles. The van der Waals surface area contributed by atoms with Crippen LogP contribution in [-0.4, -0.2) is 40.4 Å². The maximum absolute atomic E-state index is 10.7. The van der Waals surface area contributed by atoms with E-state index in [0.717, 1.165) is 38.9 Å². The van der Waals surface area contributed by atoms with Gasteiger partial charge in [-0.15, -0.1) is 0 Å². The Morgan fingerprint density at radius 2 is 2.27 bits per heavy atom. The quantitative estimate of drug-likeness (QED) is 0.638. The van der Waals surface area contributed by atoms with Crippen molar-refractivity contribution in [2.75, 3.05) is 19.6 Å². The zero-order valence-corrected chi connectivity index (χ0v) is 9.52. The Hall–Kier alpha value is -1.16. The number of aldehydes is 1. The molecule has 0 saturated carbocycles. The number of aromatic nitrogens is 2. The van der Waals surface area contributed by atoms with Gasteiger partial charge in [0.05, 0.1) is 12.5 Å². The molecule has 15 heavy (non-hydrogen) atoms. The van der Waals surface area contributed by atoms with E-state index in [0.29, 0.717) is 5.69 Å². The second kappa shape index (κ2) is 6.35. The molecule has 0 bridgehead atoms. The fourth-order valence-corrected chi connectivity index (χ4v) is 1.61. The first-order chi connectivity index (χ1) is 7.31. The summed E-state index contributed by atoms with van der Waals surface area (Å²) < 4.78 is 1.89. The van der Waals surface area contributed by atoms with E-state index in [-0.39, 0.29) is 0 Å². The number of hydrogen-bond acceptors (Lipinski definition) is 3. The summed E-state index contributed by atoms with van der Waals surface area (Å²) in [4.78, 5) is 17.0. The average molecular weight is 209 g/mol. The van der Waals surface area contributed by atoms with Crippen molar-refractivity contribution in [3.05, 3.63) is 18.2 Å². The predicted octanol–water partition coefficient (Wildman–Crippen LogP) is 1.43. The molecule has 0 atom stereocenters. The molecule has 0 fully saturated rings. The topological polar surface area (TPSA) is 38.1 Å². The van der Waals surface area contributed by atoms with Crippen LogP contribution in [-0.2, 0) is 6.54 Å². The summed E-state index contributed by atoms with van der Waals surface area (Å²) in [7, 11) is 0. The Morgan fingerprint density at radius 1 is 1.47 bits per heavy atom. The van der Waals surface area contributed by atoms with Gasteiger partial charge in [-0.3, -0.25) is 4.79 Å². The van der Waals surface area contributed by atoms with Gasteiger partial charge in [-0.25, -0.2) is 4.98 Å². The average Bonchev–Trinajstić information content (AvgIpc) is 2.71. The zero-order chi connectivity index (χ0) is 11.1. The highest BCUT2D eigenvalue weighted by Crippen LogP contribution is 1.98. The molecule has 4 nitrogen and oxygen atoms in total. The molecular weight excluding hydrogens is 190 g/mol. The molecule has 1 heterocycles. The molecule has 0 aliphatic rings. The smallest absolute Gasteiger partial charge is 0.168 e. The highest BCUT2D eigenvalue weighted by Gasteiger charge is 2.03. The summed E-state index contributed by atoms with van der Waals surface area (Å²) in [6, 6.07) is 0. The van der Waals surface area contributed by atoms with Crippen LogP contribution >= 0.6 is 0 Å². The SMILES string of the molecule is CCCN(CC)CCn1cncc1C=O. The number of imidazole rings is 1. The van der Waals surface area contributed by atoms with E-state index < -0.39 is 0 Å². The monoisotopic (exact) mass is 209 g/mol. The third kappa shape index (κ3) is 3.47. The van der Waals surface area contributed by atoms with Crippen molar-refractivity contribution in [2.45, 2.75) is 26.8 Å². The molecule has 0 radical (unpaired) electrons. The van der Waals surface area contributed by atoms with Crippen LogP contribution in [0.2, 0.25) is 0 Å². The molecule has 0 N–H and O–H groups in total. The largest absolute Gasteiger partial charge is 0.327 e. The molecule has 0 aliphatic carbocycles. The summed E-state index contributed by atoms with van der Waals surface area (Å²) in [5.41, 5.74) is 0.655. The van der Waals surface area contributed by atoms with Gasteiger partial charge >= 0.3 is 0 Å². The first kappa shape index (κ1) is 11.9. The molecule has 1 aromatic heterocycles. The summed E-state index contributed by atoms with van der Waals surface area (Å²) in [5.74, 6) is 0. The Balaban J connectivity index is 2.44. The minimum atomic E-state index is 0.655. The minimum Gasteiger partial charge on any atom is -0.327 e. The summed E-state index contributed by atoms with van der Waals surface area (Å²) >= 11 is 0. The fraction of sp³-hybridized carbons (Fsp3) is 0.636. The van der Waals surface area contributed by atoms with Gasteiger partial charge in [-0.05, 0) is 19.5 Å². The van der Waals surface area contributed by atoms with Gasteiger partial charge in [-0.1, -0.05) is 13.8 Å². The second-order valence-corrected chi connectivity index (χ2v) is 3.56. The van der Waals surface area contributed by atoms with Gasteiger partial charge in [0.15, 0.2) is 6.29 Å².